The van der Waals surface area contributed by atoms with Crippen LogP contribution in [0.3, 0.4) is 0 Å². The average molecular weight is 360 g/mol. The molecule has 2 aliphatic rings. The normalized spacial score (nSPS) is 28.0. The summed E-state index contributed by atoms with van der Waals surface area (Å²) in [6, 6.07) is 0.185. The van der Waals surface area contributed by atoms with Gasteiger partial charge in [-0.3, -0.25) is 9.59 Å². The van der Waals surface area contributed by atoms with Crippen LogP contribution in [-0.2, 0) is 9.59 Å². The van der Waals surface area contributed by atoms with Crippen molar-refractivity contribution >= 4 is 24.2 Å². The fraction of sp³-hybridized carbons (Fsp3) is 0.889. The summed E-state index contributed by atoms with van der Waals surface area (Å²) in [6.07, 6.45) is 6.04. The van der Waals surface area contributed by atoms with Crippen LogP contribution in [0.5, 0.6) is 0 Å². The van der Waals surface area contributed by atoms with Gasteiger partial charge in [-0.2, -0.15) is 0 Å². The van der Waals surface area contributed by atoms with Gasteiger partial charge in [-0.15, -0.1) is 12.4 Å². The number of amides is 2. The molecule has 3 N–H and O–H groups in total. The van der Waals surface area contributed by atoms with Gasteiger partial charge in [0.1, 0.15) is 0 Å². The first-order valence-corrected chi connectivity index (χ1v) is 9.10. The molecule has 2 rings (SSSR count). The molecule has 0 spiro atoms. The van der Waals surface area contributed by atoms with E-state index in [2.05, 4.69) is 5.32 Å². The number of carbonyl (C=O) groups excluding carboxylic acids is 2. The van der Waals surface area contributed by atoms with Crippen LogP contribution >= 0.6 is 12.4 Å². The van der Waals surface area contributed by atoms with E-state index in [4.69, 9.17) is 5.73 Å². The van der Waals surface area contributed by atoms with Crippen LogP contribution in [-0.4, -0.2) is 42.4 Å². The fourth-order valence-electron chi connectivity index (χ4n) is 3.64. The van der Waals surface area contributed by atoms with Gasteiger partial charge in [-0.05, 0) is 38.0 Å². The number of piperidine rings is 1. The largest absolute Gasteiger partial charge is 0.355 e. The van der Waals surface area contributed by atoms with Crippen molar-refractivity contribution in [3.05, 3.63) is 0 Å². The number of hydrogen-bond donors (Lipinski definition) is 2. The predicted molar refractivity (Wildman–Crippen MR) is 99.0 cm³/mol. The standard InChI is InChI=1S/C18H33N3O2.ClH/c1-18(2,3)17(23)20-11-13-6-5-9-21(12-13)16(22)14-7-4-8-15(19)10-14;/h13-15H,4-12,19H2,1-3H3,(H,20,23);1H. The van der Waals surface area contributed by atoms with E-state index < -0.39 is 0 Å². The van der Waals surface area contributed by atoms with Gasteiger partial charge >= 0.3 is 0 Å². The third-order valence-electron chi connectivity index (χ3n) is 5.13. The Labute approximate surface area is 152 Å². The zero-order chi connectivity index (χ0) is 17.0. The Hall–Kier alpha value is -0.810. The van der Waals surface area contributed by atoms with E-state index in [1.165, 1.54) is 0 Å². The maximum Gasteiger partial charge on any atom is 0.225 e. The van der Waals surface area contributed by atoms with Crippen LogP contribution in [0.25, 0.3) is 0 Å². The van der Waals surface area contributed by atoms with Gasteiger partial charge in [-0.1, -0.05) is 27.2 Å². The quantitative estimate of drug-likeness (QED) is 0.812. The first kappa shape index (κ1) is 21.2. The van der Waals surface area contributed by atoms with E-state index in [9.17, 15) is 9.59 Å². The van der Waals surface area contributed by atoms with E-state index in [0.717, 1.165) is 51.6 Å². The van der Waals surface area contributed by atoms with Gasteiger partial charge in [-0.25, -0.2) is 0 Å². The summed E-state index contributed by atoms with van der Waals surface area (Å²) in [6.45, 7) is 8.06. The zero-order valence-electron chi connectivity index (χ0n) is 15.3. The maximum absolute atomic E-state index is 12.7. The number of nitrogens with one attached hydrogen (secondary N) is 1. The second kappa shape index (κ2) is 9.04. The van der Waals surface area contributed by atoms with Crippen molar-refractivity contribution in [2.45, 2.75) is 65.3 Å². The Morgan fingerprint density at radius 1 is 1.17 bits per heavy atom. The number of nitrogens with two attached hydrogens (primary N) is 1. The van der Waals surface area contributed by atoms with Crippen molar-refractivity contribution in [2.75, 3.05) is 19.6 Å². The van der Waals surface area contributed by atoms with Crippen LogP contribution in [0.1, 0.15) is 59.3 Å². The highest BCUT2D eigenvalue weighted by atomic mass is 35.5. The lowest BCUT2D eigenvalue weighted by molar-refractivity contribution is -0.138. The molecule has 3 unspecified atom stereocenters. The molecule has 5 nitrogen and oxygen atoms in total. The second-order valence-corrected chi connectivity index (χ2v) is 8.38. The average Bonchev–Trinajstić information content (AvgIpc) is 2.51. The molecule has 1 saturated carbocycles. The maximum atomic E-state index is 12.7. The van der Waals surface area contributed by atoms with Crippen molar-refractivity contribution in [1.29, 1.82) is 0 Å². The molecule has 0 bridgehead atoms. The summed E-state index contributed by atoms with van der Waals surface area (Å²) in [5, 5.41) is 3.04. The molecule has 140 valence electrons. The number of hydrogen-bond acceptors (Lipinski definition) is 3. The molecule has 1 aliphatic carbocycles. The molecule has 1 aliphatic heterocycles. The van der Waals surface area contributed by atoms with Crippen molar-refractivity contribution < 1.29 is 9.59 Å². The molecule has 1 heterocycles. The van der Waals surface area contributed by atoms with Gasteiger partial charge in [0.25, 0.3) is 0 Å². The predicted octanol–water partition coefficient (Wildman–Crippen LogP) is 2.33. The van der Waals surface area contributed by atoms with Crippen LogP contribution in [0, 0.1) is 17.3 Å². The Bertz CT molecular complexity index is 436. The van der Waals surface area contributed by atoms with Crippen molar-refractivity contribution in [2.24, 2.45) is 23.0 Å². The molecule has 1 saturated heterocycles. The van der Waals surface area contributed by atoms with Gasteiger partial charge in [0.05, 0.1) is 0 Å². The molecule has 3 atom stereocenters. The van der Waals surface area contributed by atoms with Crippen LogP contribution in [0.2, 0.25) is 0 Å². The minimum atomic E-state index is -0.359. The van der Waals surface area contributed by atoms with Crippen LogP contribution in [0.15, 0.2) is 0 Å². The van der Waals surface area contributed by atoms with Crippen molar-refractivity contribution in [3.63, 3.8) is 0 Å². The summed E-state index contributed by atoms with van der Waals surface area (Å²) < 4.78 is 0. The summed E-state index contributed by atoms with van der Waals surface area (Å²) in [7, 11) is 0. The summed E-state index contributed by atoms with van der Waals surface area (Å²) in [5.74, 6) is 0.851. The van der Waals surface area contributed by atoms with E-state index in [-0.39, 0.29) is 41.6 Å². The fourth-order valence-corrected chi connectivity index (χ4v) is 3.64. The molecule has 2 fully saturated rings. The smallest absolute Gasteiger partial charge is 0.225 e. The van der Waals surface area contributed by atoms with Gasteiger partial charge in [0.2, 0.25) is 11.8 Å². The molecule has 0 aromatic heterocycles. The molecule has 24 heavy (non-hydrogen) atoms. The SMILES string of the molecule is CC(C)(C)C(=O)NCC1CCCN(C(=O)C2CCCC(N)C2)C1.Cl. The number of halogens is 1. The molecule has 6 heteroatoms. The van der Waals surface area contributed by atoms with Gasteiger partial charge in [0, 0.05) is 37.0 Å². The third-order valence-corrected chi connectivity index (χ3v) is 5.13. The minimum absolute atomic E-state index is 0. The third kappa shape index (κ3) is 5.92. The molecule has 2 amide bonds. The first-order chi connectivity index (χ1) is 10.8. The lowest BCUT2D eigenvalue weighted by Crippen LogP contribution is -2.48. The highest BCUT2D eigenvalue weighted by Crippen LogP contribution is 2.27. The van der Waals surface area contributed by atoms with E-state index in [0.29, 0.717) is 12.5 Å². The Balaban J connectivity index is 0.00000288. The van der Waals surface area contributed by atoms with E-state index in [1.807, 2.05) is 25.7 Å². The van der Waals surface area contributed by atoms with Gasteiger partial charge < -0.3 is 16.0 Å². The van der Waals surface area contributed by atoms with E-state index in [1.54, 1.807) is 0 Å². The minimum Gasteiger partial charge on any atom is -0.355 e. The van der Waals surface area contributed by atoms with Crippen molar-refractivity contribution in [1.82, 2.24) is 10.2 Å². The summed E-state index contributed by atoms with van der Waals surface area (Å²) in [5.41, 5.74) is 5.66. The zero-order valence-corrected chi connectivity index (χ0v) is 16.2. The van der Waals surface area contributed by atoms with Crippen LogP contribution in [0.4, 0.5) is 0 Å². The second-order valence-electron chi connectivity index (χ2n) is 8.38. The van der Waals surface area contributed by atoms with E-state index >= 15 is 0 Å². The summed E-state index contributed by atoms with van der Waals surface area (Å²) in [4.78, 5) is 26.7. The Morgan fingerprint density at radius 2 is 1.88 bits per heavy atom. The molecular weight excluding hydrogens is 326 g/mol. The Morgan fingerprint density at radius 3 is 2.50 bits per heavy atom. The summed E-state index contributed by atoms with van der Waals surface area (Å²) >= 11 is 0. The molecule has 0 aromatic carbocycles. The van der Waals surface area contributed by atoms with Gasteiger partial charge in [0.15, 0.2) is 0 Å². The Kier molecular flexibility index (Phi) is 8.00. The monoisotopic (exact) mass is 359 g/mol. The number of rotatable bonds is 3. The number of nitrogens with zero attached hydrogens (tertiary/aromatic N) is 1. The van der Waals surface area contributed by atoms with Crippen molar-refractivity contribution in [3.8, 4) is 0 Å². The number of carbonyl (C=O) groups is 2. The highest BCUT2D eigenvalue weighted by Gasteiger charge is 2.32. The first-order valence-electron chi connectivity index (χ1n) is 9.10. The lowest BCUT2D eigenvalue weighted by atomic mass is 9.84. The molecular formula is C18H34ClN3O2. The lowest BCUT2D eigenvalue weighted by Gasteiger charge is -2.37. The van der Waals surface area contributed by atoms with Crippen LogP contribution < -0.4 is 11.1 Å². The molecule has 0 radical (unpaired) electrons. The topological polar surface area (TPSA) is 75.4 Å². The molecule has 0 aromatic rings. The number of likely N-dealkylation sites (tertiary alicyclic amines) is 1. The highest BCUT2D eigenvalue weighted by molar-refractivity contribution is 5.85.